The molecule has 12 heavy (non-hydrogen) atoms. The maximum atomic E-state index is 3.08. The van der Waals surface area contributed by atoms with Crippen LogP contribution in [0.4, 0.5) is 0 Å². The lowest BCUT2D eigenvalue weighted by molar-refractivity contribution is 0.800. The van der Waals surface area contributed by atoms with Crippen molar-refractivity contribution < 1.29 is 0 Å². The van der Waals surface area contributed by atoms with Gasteiger partial charge in [-0.05, 0) is 32.3 Å². The third-order valence-electron chi connectivity index (χ3n) is 1.43. The summed E-state index contributed by atoms with van der Waals surface area (Å²) in [7, 11) is 0. The molecule has 0 nitrogen and oxygen atoms in total. The Labute approximate surface area is 78.1 Å². The van der Waals surface area contributed by atoms with Crippen LogP contribution in [0.2, 0.25) is 0 Å². The van der Waals surface area contributed by atoms with E-state index in [-0.39, 0.29) is 0 Å². The number of rotatable bonds is 3. The maximum absolute atomic E-state index is 3.08. The lowest BCUT2D eigenvalue weighted by atomic mass is 10.1. The predicted molar refractivity (Wildman–Crippen MR) is 58.1 cm³/mol. The second-order valence-corrected chi connectivity index (χ2v) is 2.29. The van der Waals surface area contributed by atoms with Gasteiger partial charge in [0.1, 0.15) is 0 Å². The molecule has 0 saturated carbocycles. The zero-order valence-corrected chi connectivity index (χ0v) is 9.20. The van der Waals surface area contributed by atoms with Crippen molar-refractivity contribution in [2.24, 2.45) is 0 Å². The van der Waals surface area contributed by atoms with E-state index in [0.29, 0.717) is 0 Å². The molecule has 0 spiro atoms. The van der Waals surface area contributed by atoms with Crippen molar-refractivity contribution in [1.82, 2.24) is 0 Å². The molecule has 0 atom stereocenters. The average molecular weight is 166 g/mol. The smallest absolute Gasteiger partial charge is 0.00225 e. The molecule has 0 aliphatic heterocycles. The predicted octanol–water partition coefficient (Wildman–Crippen LogP) is 4.17. The third kappa shape index (κ3) is 9.30. The average Bonchev–Trinajstić information content (AvgIpc) is 2.15. The van der Waals surface area contributed by atoms with Gasteiger partial charge in [-0.15, -0.1) is 5.92 Å². The lowest BCUT2D eigenvalue weighted by Crippen LogP contribution is -1.78. The second-order valence-electron chi connectivity index (χ2n) is 2.29. The molecule has 0 aliphatic rings. The quantitative estimate of drug-likeness (QED) is 0.552. The molecule has 0 aliphatic carbocycles. The summed E-state index contributed by atoms with van der Waals surface area (Å²) in [6.07, 6.45) is 5.76. The van der Waals surface area contributed by atoms with Crippen molar-refractivity contribution in [2.45, 2.75) is 53.9 Å². The molecule has 0 heterocycles. The zero-order valence-electron chi connectivity index (χ0n) is 9.20. The molecular weight excluding hydrogens is 144 g/mol. The standard InChI is InChI=1S/C10H16.C2H6/c1-4-7-9-10(6-3)8-5-2;1-2/h6H,4,7,9H2,1-3H3;1-2H3/b10-6-;. The van der Waals surface area contributed by atoms with Crippen LogP contribution in [0.25, 0.3) is 0 Å². The van der Waals surface area contributed by atoms with Gasteiger partial charge >= 0.3 is 0 Å². The first-order valence-electron chi connectivity index (χ1n) is 4.93. The van der Waals surface area contributed by atoms with Crippen LogP contribution in [0, 0.1) is 11.8 Å². The highest BCUT2D eigenvalue weighted by Gasteiger charge is 1.88. The SMILES string of the molecule is CC.CC#C/C(=C/C)CCCC. The third-order valence-corrected chi connectivity index (χ3v) is 1.43. The van der Waals surface area contributed by atoms with E-state index in [1.807, 2.05) is 20.8 Å². The Balaban J connectivity index is 0. The largest absolute Gasteiger partial charge is 0.102 e. The topological polar surface area (TPSA) is 0 Å². The summed E-state index contributed by atoms with van der Waals surface area (Å²) in [4.78, 5) is 0. The Hall–Kier alpha value is -0.700. The van der Waals surface area contributed by atoms with Crippen LogP contribution in [-0.2, 0) is 0 Å². The van der Waals surface area contributed by atoms with E-state index in [1.165, 1.54) is 18.4 Å². The Morgan fingerprint density at radius 3 is 2.25 bits per heavy atom. The van der Waals surface area contributed by atoms with Crippen LogP contribution in [0.5, 0.6) is 0 Å². The normalized spacial score (nSPS) is 9.25. The van der Waals surface area contributed by atoms with Crippen LogP contribution in [0.3, 0.4) is 0 Å². The Morgan fingerprint density at radius 2 is 1.92 bits per heavy atom. The molecule has 0 aromatic carbocycles. The molecule has 0 heteroatoms. The van der Waals surface area contributed by atoms with E-state index in [9.17, 15) is 0 Å². The van der Waals surface area contributed by atoms with Crippen LogP contribution in [0.1, 0.15) is 53.9 Å². The van der Waals surface area contributed by atoms with Crippen molar-refractivity contribution in [3.05, 3.63) is 11.6 Å². The van der Waals surface area contributed by atoms with Gasteiger partial charge in [-0.2, -0.15) is 0 Å². The minimum atomic E-state index is 1.15. The van der Waals surface area contributed by atoms with E-state index in [0.717, 1.165) is 6.42 Å². The van der Waals surface area contributed by atoms with Gasteiger partial charge in [-0.3, -0.25) is 0 Å². The summed E-state index contributed by atoms with van der Waals surface area (Å²) >= 11 is 0. The van der Waals surface area contributed by atoms with Crippen LogP contribution < -0.4 is 0 Å². The van der Waals surface area contributed by atoms with Gasteiger partial charge in [0.15, 0.2) is 0 Å². The van der Waals surface area contributed by atoms with E-state index < -0.39 is 0 Å². The summed E-state index contributed by atoms with van der Waals surface area (Å²) < 4.78 is 0. The zero-order chi connectivity index (χ0) is 9.82. The van der Waals surface area contributed by atoms with Crippen LogP contribution in [-0.4, -0.2) is 0 Å². The fraction of sp³-hybridized carbons (Fsp3) is 0.667. The number of hydrogen-bond donors (Lipinski definition) is 0. The molecule has 0 fully saturated rings. The molecule has 70 valence electrons. The Bertz CT molecular complexity index is 153. The highest BCUT2D eigenvalue weighted by molar-refractivity contribution is 5.26. The molecular formula is C12H22. The molecule has 0 rings (SSSR count). The molecule has 0 radical (unpaired) electrons. The van der Waals surface area contributed by atoms with Gasteiger partial charge in [0, 0.05) is 0 Å². The monoisotopic (exact) mass is 166 g/mol. The van der Waals surface area contributed by atoms with Crippen molar-refractivity contribution in [3.8, 4) is 11.8 Å². The number of hydrogen-bond acceptors (Lipinski definition) is 0. The minimum Gasteiger partial charge on any atom is -0.102 e. The molecule has 0 N–H and O–H groups in total. The van der Waals surface area contributed by atoms with Gasteiger partial charge in [-0.1, -0.05) is 39.2 Å². The Morgan fingerprint density at radius 1 is 1.33 bits per heavy atom. The van der Waals surface area contributed by atoms with Crippen molar-refractivity contribution in [1.29, 1.82) is 0 Å². The minimum absolute atomic E-state index is 1.15. The van der Waals surface area contributed by atoms with Gasteiger partial charge in [0.2, 0.25) is 0 Å². The van der Waals surface area contributed by atoms with Crippen molar-refractivity contribution in [2.75, 3.05) is 0 Å². The highest BCUT2D eigenvalue weighted by atomic mass is 13.9. The number of allylic oxidation sites excluding steroid dienone is 2. The van der Waals surface area contributed by atoms with Gasteiger partial charge in [0.05, 0.1) is 0 Å². The van der Waals surface area contributed by atoms with E-state index in [2.05, 4.69) is 31.8 Å². The molecule has 0 amide bonds. The molecule has 0 aromatic heterocycles. The highest BCUT2D eigenvalue weighted by Crippen LogP contribution is 2.04. The summed E-state index contributed by atoms with van der Waals surface area (Å²) in [5, 5.41) is 0. The number of unbranched alkanes of at least 4 members (excludes halogenated alkanes) is 1. The first-order valence-corrected chi connectivity index (χ1v) is 4.93. The first-order chi connectivity index (χ1) is 5.85. The van der Waals surface area contributed by atoms with Crippen LogP contribution in [0.15, 0.2) is 11.6 Å². The van der Waals surface area contributed by atoms with Gasteiger partial charge < -0.3 is 0 Å². The summed E-state index contributed by atoms with van der Waals surface area (Å²) in [6.45, 7) is 10.1. The lowest BCUT2D eigenvalue weighted by Gasteiger charge is -1.94. The summed E-state index contributed by atoms with van der Waals surface area (Å²) in [6, 6.07) is 0. The fourth-order valence-corrected chi connectivity index (χ4v) is 0.807. The molecule has 0 saturated heterocycles. The summed E-state index contributed by atoms with van der Waals surface area (Å²) in [5.41, 5.74) is 1.28. The molecule has 0 aromatic rings. The molecule has 0 bridgehead atoms. The van der Waals surface area contributed by atoms with Crippen molar-refractivity contribution >= 4 is 0 Å². The van der Waals surface area contributed by atoms with Crippen LogP contribution >= 0.6 is 0 Å². The van der Waals surface area contributed by atoms with E-state index >= 15 is 0 Å². The van der Waals surface area contributed by atoms with E-state index in [1.54, 1.807) is 0 Å². The Kier molecular flexibility index (Phi) is 14.9. The molecule has 0 unspecified atom stereocenters. The van der Waals surface area contributed by atoms with E-state index in [4.69, 9.17) is 0 Å². The fourth-order valence-electron chi connectivity index (χ4n) is 0.807. The van der Waals surface area contributed by atoms with Gasteiger partial charge in [-0.25, -0.2) is 0 Å². The summed E-state index contributed by atoms with van der Waals surface area (Å²) in [5.74, 6) is 5.99. The second kappa shape index (κ2) is 12.9. The van der Waals surface area contributed by atoms with Gasteiger partial charge in [0.25, 0.3) is 0 Å². The van der Waals surface area contributed by atoms with Crippen molar-refractivity contribution in [3.63, 3.8) is 0 Å². The maximum Gasteiger partial charge on any atom is -0.00225 e. The first kappa shape index (κ1) is 13.9.